The summed E-state index contributed by atoms with van der Waals surface area (Å²) < 4.78 is 31.8. The van der Waals surface area contributed by atoms with Gasteiger partial charge in [-0.1, -0.05) is 17.7 Å². The minimum absolute atomic E-state index is 0.265. The van der Waals surface area contributed by atoms with Gasteiger partial charge in [0.2, 0.25) is 0 Å². The van der Waals surface area contributed by atoms with Crippen molar-refractivity contribution in [1.29, 1.82) is 0 Å². The van der Waals surface area contributed by atoms with Crippen molar-refractivity contribution in [3.05, 3.63) is 64.7 Å². The van der Waals surface area contributed by atoms with Crippen LogP contribution in [-0.4, -0.2) is 7.11 Å². The minimum Gasteiger partial charge on any atom is -0.496 e. The molecule has 4 heteroatoms. The van der Waals surface area contributed by atoms with E-state index in [1.54, 1.807) is 7.11 Å². The molecule has 0 saturated heterocycles. The number of hydrogen-bond acceptors (Lipinski definition) is 2. The lowest BCUT2D eigenvalue weighted by Crippen LogP contribution is -2.14. The average molecular weight is 277 g/mol. The molecular weight excluding hydrogens is 260 g/mol. The minimum atomic E-state index is -0.434. The molecule has 0 amide bonds. The fourth-order valence-corrected chi connectivity index (χ4v) is 2.06. The van der Waals surface area contributed by atoms with Gasteiger partial charge in [0.25, 0.3) is 0 Å². The Morgan fingerprint density at radius 3 is 2.50 bits per heavy atom. The Bertz CT molecular complexity index is 599. The van der Waals surface area contributed by atoms with Crippen LogP contribution in [-0.2, 0) is 13.1 Å². The maximum absolute atomic E-state index is 13.5. The van der Waals surface area contributed by atoms with Crippen molar-refractivity contribution in [2.24, 2.45) is 0 Å². The largest absolute Gasteiger partial charge is 0.496 e. The standard InChI is InChI=1S/C16H17F2NO/c1-11-3-6-16(20-2)13(7-11)10-19-9-12-8-14(17)4-5-15(12)18/h3-8,19H,9-10H2,1-2H3. The number of methoxy groups -OCH3 is 1. The molecule has 2 nitrogen and oxygen atoms in total. The Morgan fingerprint density at radius 2 is 1.75 bits per heavy atom. The van der Waals surface area contributed by atoms with Gasteiger partial charge in [-0.2, -0.15) is 0 Å². The summed E-state index contributed by atoms with van der Waals surface area (Å²) in [6.07, 6.45) is 0. The van der Waals surface area contributed by atoms with Crippen LogP contribution in [0.1, 0.15) is 16.7 Å². The fourth-order valence-electron chi connectivity index (χ4n) is 2.06. The first kappa shape index (κ1) is 14.5. The zero-order chi connectivity index (χ0) is 14.5. The smallest absolute Gasteiger partial charge is 0.127 e. The van der Waals surface area contributed by atoms with E-state index in [0.29, 0.717) is 12.1 Å². The maximum Gasteiger partial charge on any atom is 0.127 e. The van der Waals surface area contributed by atoms with E-state index in [2.05, 4.69) is 5.32 Å². The molecule has 0 radical (unpaired) electrons. The van der Waals surface area contributed by atoms with Crippen LogP contribution >= 0.6 is 0 Å². The summed E-state index contributed by atoms with van der Waals surface area (Å²) in [6, 6.07) is 9.33. The number of hydrogen-bond donors (Lipinski definition) is 1. The second-order valence-electron chi connectivity index (χ2n) is 4.65. The van der Waals surface area contributed by atoms with Crippen molar-refractivity contribution in [2.75, 3.05) is 7.11 Å². The average Bonchev–Trinajstić information content (AvgIpc) is 2.43. The van der Waals surface area contributed by atoms with Crippen LogP contribution in [0.2, 0.25) is 0 Å². The van der Waals surface area contributed by atoms with Crippen molar-refractivity contribution < 1.29 is 13.5 Å². The number of nitrogens with one attached hydrogen (secondary N) is 1. The van der Waals surface area contributed by atoms with E-state index in [9.17, 15) is 8.78 Å². The second-order valence-corrected chi connectivity index (χ2v) is 4.65. The third kappa shape index (κ3) is 3.54. The number of benzene rings is 2. The molecule has 2 aromatic rings. The highest BCUT2D eigenvalue weighted by atomic mass is 19.1. The van der Waals surface area contributed by atoms with E-state index in [4.69, 9.17) is 4.74 Å². The molecule has 2 rings (SSSR count). The first-order valence-corrected chi connectivity index (χ1v) is 6.38. The highest BCUT2D eigenvalue weighted by molar-refractivity contribution is 5.36. The topological polar surface area (TPSA) is 21.3 Å². The van der Waals surface area contributed by atoms with E-state index in [1.807, 2.05) is 25.1 Å². The van der Waals surface area contributed by atoms with Crippen molar-refractivity contribution in [3.63, 3.8) is 0 Å². The molecule has 106 valence electrons. The second kappa shape index (κ2) is 6.48. The molecule has 20 heavy (non-hydrogen) atoms. The summed E-state index contributed by atoms with van der Waals surface area (Å²) in [6.45, 7) is 2.79. The normalized spacial score (nSPS) is 10.6. The molecule has 0 spiro atoms. The Morgan fingerprint density at radius 1 is 1.00 bits per heavy atom. The van der Waals surface area contributed by atoms with Crippen LogP contribution in [0.5, 0.6) is 5.75 Å². The molecule has 0 fully saturated rings. The molecule has 0 unspecified atom stereocenters. The summed E-state index contributed by atoms with van der Waals surface area (Å²) in [5.74, 6) is -0.0609. The molecule has 1 N–H and O–H groups in total. The first-order chi connectivity index (χ1) is 9.60. The Balaban J connectivity index is 2.02. The molecule has 2 aromatic carbocycles. The number of halogens is 2. The van der Waals surface area contributed by atoms with Crippen LogP contribution < -0.4 is 10.1 Å². The van der Waals surface area contributed by atoms with Gasteiger partial charge in [0.1, 0.15) is 17.4 Å². The van der Waals surface area contributed by atoms with Gasteiger partial charge >= 0.3 is 0 Å². The van der Waals surface area contributed by atoms with Gasteiger partial charge in [0.15, 0.2) is 0 Å². The van der Waals surface area contributed by atoms with Crippen molar-refractivity contribution in [2.45, 2.75) is 20.0 Å². The van der Waals surface area contributed by atoms with Crippen LogP contribution in [0.25, 0.3) is 0 Å². The Kier molecular flexibility index (Phi) is 4.69. The van der Waals surface area contributed by atoms with Gasteiger partial charge < -0.3 is 10.1 Å². The highest BCUT2D eigenvalue weighted by Crippen LogP contribution is 2.19. The third-order valence-corrected chi connectivity index (χ3v) is 3.07. The van der Waals surface area contributed by atoms with Gasteiger partial charge in [-0.15, -0.1) is 0 Å². The van der Waals surface area contributed by atoms with Crippen molar-refractivity contribution in [1.82, 2.24) is 5.32 Å². The van der Waals surface area contributed by atoms with Crippen LogP contribution in [0.3, 0.4) is 0 Å². The van der Waals surface area contributed by atoms with Crippen molar-refractivity contribution >= 4 is 0 Å². The van der Waals surface area contributed by atoms with E-state index >= 15 is 0 Å². The lowest BCUT2D eigenvalue weighted by molar-refractivity contribution is 0.407. The predicted octanol–water partition coefficient (Wildman–Crippen LogP) is 3.57. The summed E-state index contributed by atoms with van der Waals surface area (Å²) in [5.41, 5.74) is 2.43. The van der Waals surface area contributed by atoms with Gasteiger partial charge in [-0.3, -0.25) is 0 Å². The predicted molar refractivity (Wildman–Crippen MR) is 74.6 cm³/mol. The van der Waals surface area contributed by atoms with Crippen LogP contribution in [0.4, 0.5) is 8.78 Å². The lowest BCUT2D eigenvalue weighted by atomic mass is 10.1. The van der Waals surface area contributed by atoms with Crippen molar-refractivity contribution in [3.8, 4) is 5.75 Å². The Labute approximate surface area is 117 Å². The summed E-state index contributed by atoms with van der Waals surface area (Å²) in [7, 11) is 1.61. The molecule has 0 aliphatic heterocycles. The first-order valence-electron chi connectivity index (χ1n) is 6.38. The summed E-state index contributed by atoms with van der Waals surface area (Å²) in [5, 5.41) is 3.10. The number of ether oxygens (including phenoxy) is 1. The quantitative estimate of drug-likeness (QED) is 0.902. The molecule has 0 saturated carbocycles. The van der Waals surface area contributed by atoms with Gasteiger partial charge in [-0.25, -0.2) is 8.78 Å². The van der Waals surface area contributed by atoms with Crippen LogP contribution in [0.15, 0.2) is 36.4 Å². The SMILES string of the molecule is COc1ccc(C)cc1CNCc1cc(F)ccc1F. The van der Waals surface area contributed by atoms with Crippen LogP contribution in [0, 0.1) is 18.6 Å². The van der Waals surface area contributed by atoms with Gasteiger partial charge in [0, 0.05) is 24.2 Å². The van der Waals surface area contributed by atoms with E-state index in [1.165, 1.54) is 6.07 Å². The molecule has 0 heterocycles. The molecule has 0 aromatic heterocycles. The van der Waals surface area contributed by atoms with Gasteiger partial charge in [0.05, 0.1) is 7.11 Å². The van der Waals surface area contributed by atoms with E-state index in [0.717, 1.165) is 29.0 Å². The van der Waals surface area contributed by atoms with E-state index < -0.39 is 11.6 Å². The summed E-state index contributed by atoms with van der Waals surface area (Å²) >= 11 is 0. The molecular formula is C16H17F2NO. The molecule has 0 aliphatic rings. The van der Waals surface area contributed by atoms with E-state index in [-0.39, 0.29) is 6.54 Å². The van der Waals surface area contributed by atoms with Gasteiger partial charge in [-0.05, 0) is 31.2 Å². The molecule has 0 bridgehead atoms. The fraction of sp³-hybridized carbons (Fsp3) is 0.250. The molecule has 0 aliphatic carbocycles. The zero-order valence-electron chi connectivity index (χ0n) is 11.5. The monoisotopic (exact) mass is 277 g/mol. The third-order valence-electron chi connectivity index (χ3n) is 3.07. The summed E-state index contributed by atoms with van der Waals surface area (Å²) in [4.78, 5) is 0. The lowest BCUT2D eigenvalue weighted by Gasteiger charge is -2.11. The zero-order valence-corrected chi connectivity index (χ0v) is 11.5. The Hall–Kier alpha value is -1.94. The highest BCUT2D eigenvalue weighted by Gasteiger charge is 2.06. The maximum atomic E-state index is 13.5. The number of rotatable bonds is 5. The molecule has 0 atom stereocenters. The number of aryl methyl sites for hydroxylation is 1.